The molecule has 1 aliphatic heterocycles. The Bertz CT molecular complexity index is 449. The molecule has 0 aliphatic carbocycles. The molecule has 1 aromatic carbocycles. The summed E-state index contributed by atoms with van der Waals surface area (Å²) in [5, 5.41) is 0.670. The summed E-state index contributed by atoms with van der Waals surface area (Å²) >= 11 is 6.22. The quantitative estimate of drug-likeness (QED) is 0.883. The fourth-order valence-corrected chi connectivity index (χ4v) is 2.13. The third-order valence-electron chi connectivity index (χ3n) is 2.47. The maximum absolute atomic E-state index is 6.22. The van der Waals surface area contributed by atoms with E-state index in [-0.39, 0.29) is 5.54 Å². The van der Waals surface area contributed by atoms with Gasteiger partial charge in [-0.3, -0.25) is 0 Å². The van der Waals surface area contributed by atoms with Crippen LogP contribution in [0.1, 0.15) is 33.3 Å². The van der Waals surface area contributed by atoms with E-state index in [1.54, 1.807) is 6.07 Å². The van der Waals surface area contributed by atoms with Crippen LogP contribution in [0, 0.1) is 0 Å². The maximum Gasteiger partial charge on any atom is 0.246 e. The fraction of sp³-hybridized carbons (Fsp3) is 0.538. The van der Waals surface area contributed by atoms with E-state index in [9.17, 15) is 0 Å². The molecule has 0 saturated carbocycles. The largest absolute Gasteiger partial charge is 0.449 e. The summed E-state index contributed by atoms with van der Waals surface area (Å²) < 4.78 is 11.3. The summed E-state index contributed by atoms with van der Waals surface area (Å²) in [5.41, 5.74) is 6.69. The van der Waals surface area contributed by atoms with Crippen molar-refractivity contribution in [3.63, 3.8) is 0 Å². The van der Waals surface area contributed by atoms with Crippen molar-refractivity contribution in [2.24, 2.45) is 5.73 Å². The Labute approximate surface area is 107 Å². The Hall–Kier alpha value is -0.930. The van der Waals surface area contributed by atoms with Crippen molar-refractivity contribution in [2.75, 3.05) is 0 Å². The zero-order valence-corrected chi connectivity index (χ0v) is 11.4. The third-order valence-corrected chi connectivity index (χ3v) is 2.82. The van der Waals surface area contributed by atoms with Crippen LogP contribution in [0.3, 0.4) is 0 Å². The SMILES string of the molecule is CC(C)(N)Cc1cc2c(cc1Cl)OC(C)(C)O2. The molecule has 2 N–H and O–H groups in total. The molecule has 0 spiro atoms. The lowest BCUT2D eigenvalue weighted by atomic mass is 9.96. The van der Waals surface area contributed by atoms with Gasteiger partial charge >= 0.3 is 0 Å². The number of hydrogen-bond donors (Lipinski definition) is 1. The van der Waals surface area contributed by atoms with Crippen LogP contribution in [0.5, 0.6) is 11.5 Å². The minimum absolute atomic E-state index is 0.299. The second kappa shape index (κ2) is 3.79. The van der Waals surface area contributed by atoms with Gasteiger partial charge in [0, 0.05) is 30.5 Å². The number of rotatable bonds is 2. The Morgan fingerprint density at radius 2 is 1.76 bits per heavy atom. The van der Waals surface area contributed by atoms with Gasteiger partial charge < -0.3 is 15.2 Å². The summed E-state index contributed by atoms with van der Waals surface area (Å²) in [7, 11) is 0. The number of fused-ring (bicyclic) bond motifs is 1. The summed E-state index contributed by atoms with van der Waals surface area (Å²) in [6.45, 7) is 7.68. The number of halogens is 1. The van der Waals surface area contributed by atoms with Crippen LogP contribution in [0.2, 0.25) is 5.02 Å². The van der Waals surface area contributed by atoms with Gasteiger partial charge in [-0.25, -0.2) is 0 Å². The number of benzene rings is 1. The van der Waals surface area contributed by atoms with Gasteiger partial charge in [0.25, 0.3) is 0 Å². The highest BCUT2D eigenvalue weighted by atomic mass is 35.5. The molecule has 0 fully saturated rings. The van der Waals surface area contributed by atoms with Crippen LogP contribution in [-0.4, -0.2) is 11.3 Å². The molecule has 3 nitrogen and oxygen atoms in total. The first-order chi connectivity index (χ1) is 7.66. The van der Waals surface area contributed by atoms with Crippen LogP contribution in [0.4, 0.5) is 0 Å². The predicted molar refractivity (Wildman–Crippen MR) is 68.8 cm³/mol. The van der Waals surface area contributed by atoms with Gasteiger partial charge in [0.15, 0.2) is 11.5 Å². The van der Waals surface area contributed by atoms with E-state index in [2.05, 4.69) is 0 Å². The molecule has 0 amide bonds. The van der Waals surface area contributed by atoms with E-state index in [0.29, 0.717) is 17.2 Å². The lowest BCUT2D eigenvalue weighted by Crippen LogP contribution is -2.34. The number of ether oxygens (including phenoxy) is 2. The third kappa shape index (κ3) is 2.85. The molecule has 0 saturated heterocycles. The van der Waals surface area contributed by atoms with Gasteiger partial charge in [0.05, 0.1) is 0 Å². The van der Waals surface area contributed by atoms with E-state index in [4.69, 9.17) is 26.8 Å². The van der Waals surface area contributed by atoms with Crippen LogP contribution < -0.4 is 15.2 Å². The summed E-state index contributed by atoms with van der Waals surface area (Å²) in [6.07, 6.45) is 0.697. The van der Waals surface area contributed by atoms with Crippen molar-refractivity contribution in [1.29, 1.82) is 0 Å². The first-order valence-electron chi connectivity index (χ1n) is 5.66. The van der Waals surface area contributed by atoms with E-state index < -0.39 is 5.79 Å². The molecule has 1 aromatic rings. The molecule has 0 aromatic heterocycles. The van der Waals surface area contributed by atoms with Crippen LogP contribution in [0.15, 0.2) is 12.1 Å². The number of hydrogen-bond acceptors (Lipinski definition) is 3. The lowest BCUT2D eigenvalue weighted by molar-refractivity contribution is -0.0431. The van der Waals surface area contributed by atoms with Crippen molar-refractivity contribution in [2.45, 2.75) is 45.4 Å². The zero-order valence-electron chi connectivity index (χ0n) is 10.6. The van der Waals surface area contributed by atoms with Crippen molar-refractivity contribution >= 4 is 11.6 Å². The molecule has 4 heteroatoms. The standard InChI is InChI=1S/C13H18ClNO2/c1-12(2,15)7-8-5-10-11(6-9(8)14)17-13(3,4)16-10/h5-6H,7,15H2,1-4H3. The second-order valence-corrected chi connectivity index (χ2v) is 6.07. The molecular weight excluding hydrogens is 238 g/mol. The highest BCUT2D eigenvalue weighted by Crippen LogP contribution is 2.42. The molecule has 0 bridgehead atoms. The second-order valence-electron chi connectivity index (χ2n) is 5.66. The van der Waals surface area contributed by atoms with Gasteiger partial charge in [-0.15, -0.1) is 0 Å². The molecule has 0 atom stereocenters. The molecule has 2 rings (SSSR count). The summed E-state index contributed by atoms with van der Waals surface area (Å²) in [5.74, 6) is 0.805. The van der Waals surface area contributed by atoms with Crippen molar-refractivity contribution in [3.8, 4) is 11.5 Å². The zero-order chi connectivity index (χ0) is 12.8. The van der Waals surface area contributed by atoms with Crippen LogP contribution in [0.25, 0.3) is 0 Å². The van der Waals surface area contributed by atoms with Gasteiger partial charge in [-0.05, 0) is 31.9 Å². The van der Waals surface area contributed by atoms with Gasteiger partial charge in [0.1, 0.15) is 0 Å². The molecule has 1 aliphatic rings. The smallest absolute Gasteiger partial charge is 0.246 e. The summed E-state index contributed by atoms with van der Waals surface area (Å²) in [6, 6.07) is 3.72. The van der Waals surface area contributed by atoms with E-state index in [1.165, 1.54) is 0 Å². The first-order valence-corrected chi connectivity index (χ1v) is 6.03. The van der Waals surface area contributed by atoms with Gasteiger partial charge in [0.2, 0.25) is 5.79 Å². The Balaban J connectivity index is 2.34. The predicted octanol–water partition coefficient (Wildman–Crippen LogP) is 3.13. The van der Waals surface area contributed by atoms with Crippen molar-refractivity contribution in [3.05, 3.63) is 22.7 Å². The molecule has 0 radical (unpaired) electrons. The Morgan fingerprint density at radius 3 is 2.29 bits per heavy atom. The van der Waals surface area contributed by atoms with Crippen LogP contribution in [-0.2, 0) is 6.42 Å². The molecular formula is C13H18ClNO2. The van der Waals surface area contributed by atoms with Crippen LogP contribution >= 0.6 is 11.6 Å². The van der Waals surface area contributed by atoms with Crippen molar-refractivity contribution in [1.82, 2.24) is 0 Å². The highest BCUT2D eigenvalue weighted by Gasteiger charge is 2.32. The Morgan fingerprint density at radius 1 is 1.24 bits per heavy atom. The monoisotopic (exact) mass is 255 g/mol. The normalized spacial score (nSPS) is 17.3. The molecule has 17 heavy (non-hydrogen) atoms. The highest BCUT2D eigenvalue weighted by molar-refractivity contribution is 6.31. The average Bonchev–Trinajstić information content (AvgIpc) is 2.36. The number of nitrogens with two attached hydrogens (primary N) is 1. The molecule has 1 heterocycles. The first kappa shape index (κ1) is 12.5. The van der Waals surface area contributed by atoms with E-state index >= 15 is 0 Å². The van der Waals surface area contributed by atoms with Gasteiger partial charge in [-0.2, -0.15) is 0 Å². The van der Waals surface area contributed by atoms with E-state index in [0.717, 1.165) is 11.3 Å². The Kier molecular flexibility index (Phi) is 2.79. The maximum atomic E-state index is 6.22. The minimum atomic E-state index is -0.623. The van der Waals surface area contributed by atoms with Crippen molar-refractivity contribution < 1.29 is 9.47 Å². The molecule has 0 unspecified atom stereocenters. The molecule has 94 valence electrons. The fourth-order valence-electron chi connectivity index (χ4n) is 1.91. The summed E-state index contributed by atoms with van der Waals surface area (Å²) in [4.78, 5) is 0. The van der Waals surface area contributed by atoms with E-state index in [1.807, 2.05) is 33.8 Å². The lowest BCUT2D eigenvalue weighted by Gasteiger charge is -2.19. The average molecular weight is 256 g/mol. The van der Waals surface area contributed by atoms with Gasteiger partial charge in [-0.1, -0.05) is 11.6 Å². The minimum Gasteiger partial charge on any atom is -0.449 e. The topological polar surface area (TPSA) is 44.5 Å².